The van der Waals surface area contributed by atoms with Crippen molar-refractivity contribution in [3.05, 3.63) is 41.0 Å². The fraction of sp³-hybridized carbons (Fsp3) is 0.333. The van der Waals surface area contributed by atoms with Crippen LogP contribution in [-0.2, 0) is 10.8 Å². The predicted molar refractivity (Wildman–Crippen MR) is 104 cm³/mol. The molecular weight excluding hydrogens is 322 g/mol. The van der Waals surface area contributed by atoms with Crippen LogP contribution in [0.2, 0.25) is 0 Å². The van der Waals surface area contributed by atoms with Gasteiger partial charge >= 0.3 is 0 Å². The molecule has 2 aromatic rings. The van der Waals surface area contributed by atoms with Gasteiger partial charge in [0.05, 0.1) is 22.2 Å². The van der Waals surface area contributed by atoms with Gasteiger partial charge in [0.2, 0.25) is 0 Å². The van der Waals surface area contributed by atoms with Crippen molar-refractivity contribution in [1.82, 2.24) is 0 Å². The number of nitrogen functional groups attached to an aromatic ring is 3. The smallest absolute Gasteiger partial charge is 0.120 e. The molecule has 0 saturated carbocycles. The van der Waals surface area contributed by atoms with Gasteiger partial charge in [-0.25, -0.2) is 0 Å². The maximum absolute atomic E-state index is 11.9. The highest BCUT2D eigenvalue weighted by molar-refractivity contribution is 7.85. The van der Waals surface area contributed by atoms with Gasteiger partial charge in [-0.05, 0) is 49.6 Å². The Morgan fingerprint density at radius 1 is 0.833 bits per heavy atom. The van der Waals surface area contributed by atoms with Crippen molar-refractivity contribution in [2.24, 2.45) is 0 Å². The summed E-state index contributed by atoms with van der Waals surface area (Å²) < 4.78 is 11.9. The molecule has 0 aliphatic rings. The van der Waals surface area contributed by atoms with Crippen LogP contribution in [0.4, 0.5) is 17.1 Å². The standard InChI is InChI=1S/C11H17NOS.C7H10N2O/c1-7(2)14(13)11-6-10(12)8(3)5-9(11)4;1-4-2-5(8)6(9)3-7(4)10/h5-7H,12H2,1-4H3;2-3,10H,8-9H2,1H3. The van der Waals surface area contributed by atoms with Gasteiger partial charge in [0.15, 0.2) is 0 Å². The van der Waals surface area contributed by atoms with Crippen LogP contribution in [0.5, 0.6) is 5.75 Å². The first kappa shape index (κ1) is 19.8. The normalized spacial score (nSPS) is 11.8. The van der Waals surface area contributed by atoms with Crippen molar-refractivity contribution in [3.63, 3.8) is 0 Å². The molecule has 0 radical (unpaired) electrons. The summed E-state index contributed by atoms with van der Waals surface area (Å²) in [5.41, 5.74) is 21.2. The topological polar surface area (TPSA) is 115 Å². The molecular formula is C18H27N3O2S. The van der Waals surface area contributed by atoms with E-state index in [2.05, 4.69) is 0 Å². The second-order valence-electron chi connectivity index (χ2n) is 6.09. The molecule has 2 aromatic carbocycles. The van der Waals surface area contributed by atoms with Crippen molar-refractivity contribution >= 4 is 27.9 Å². The molecule has 0 fully saturated rings. The number of anilines is 3. The van der Waals surface area contributed by atoms with Crippen LogP contribution in [0, 0.1) is 20.8 Å². The summed E-state index contributed by atoms with van der Waals surface area (Å²) in [6.07, 6.45) is 0. The highest BCUT2D eigenvalue weighted by Gasteiger charge is 2.12. The van der Waals surface area contributed by atoms with Gasteiger partial charge in [0.1, 0.15) is 5.75 Å². The summed E-state index contributed by atoms with van der Waals surface area (Å²) in [6, 6.07) is 6.92. The molecule has 2 rings (SSSR count). The summed E-state index contributed by atoms with van der Waals surface area (Å²) in [4.78, 5) is 0.864. The Kier molecular flexibility index (Phi) is 6.66. The molecule has 132 valence electrons. The Bertz CT molecular complexity index is 708. The van der Waals surface area contributed by atoms with E-state index in [1.54, 1.807) is 13.0 Å². The van der Waals surface area contributed by atoms with Crippen LogP contribution in [0.3, 0.4) is 0 Å². The number of rotatable bonds is 2. The third-order valence-electron chi connectivity index (χ3n) is 3.61. The summed E-state index contributed by atoms with van der Waals surface area (Å²) in [7, 11) is -0.945. The fourth-order valence-corrected chi connectivity index (χ4v) is 3.18. The van der Waals surface area contributed by atoms with Crippen LogP contribution in [0.15, 0.2) is 29.2 Å². The highest BCUT2D eigenvalue weighted by Crippen LogP contribution is 2.24. The lowest BCUT2D eigenvalue weighted by Crippen LogP contribution is -2.08. The number of benzene rings is 2. The average Bonchev–Trinajstić information content (AvgIpc) is 2.49. The lowest BCUT2D eigenvalue weighted by molar-refractivity contribution is 0.471. The van der Waals surface area contributed by atoms with Gasteiger partial charge in [-0.15, -0.1) is 0 Å². The van der Waals surface area contributed by atoms with E-state index in [-0.39, 0.29) is 11.0 Å². The Morgan fingerprint density at radius 3 is 1.88 bits per heavy atom. The second-order valence-corrected chi connectivity index (χ2v) is 8.07. The number of phenols is 1. The fourth-order valence-electron chi connectivity index (χ4n) is 2.05. The maximum atomic E-state index is 11.9. The van der Waals surface area contributed by atoms with Gasteiger partial charge in [-0.3, -0.25) is 4.21 Å². The Labute approximate surface area is 146 Å². The number of aryl methyl sites for hydroxylation is 3. The van der Waals surface area contributed by atoms with Crippen molar-refractivity contribution in [2.45, 2.75) is 44.8 Å². The van der Waals surface area contributed by atoms with Crippen LogP contribution < -0.4 is 17.2 Å². The number of hydrogen-bond donors (Lipinski definition) is 4. The summed E-state index contributed by atoms with van der Waals surface area (Å²) in [5.74, 6) is 0.187. The van der Waals surface area contributed by atoms with E-state index < -0.39 is 10.8 Å². The molecule has 0 heterocycles. The van der Waals surface area contributed by atoms with E-state index in [0.717, 1.165) is 27.3 Å². The first-order valence-corrected chi connectivity index (χ1v) is 8.87. The largest absolute Gasteiger partial charge is 0.508 e. The molecule has 7 N–H and O–H groups in total. The zero-order valence-corrected chi connectivity index (χ0v) is 15.7. The minimum atomic E-state index is -0.945. The summed E-state index contributed by atoms with van der Waals surface area (Å²) in [5, 5.41) is 9.22. The van der Waals surface area contributed by atoms with E-state index in [4.69, 9.17) is 22.3 Å². The Hall–Kier alpha value is -2.21. The van der Waals surface area contributed by atoms with E-state index in [1.165, 1.54) is 6.07 Å². The maximum Gasteiger partial charge on any atom is 0.120 e. The van der Waals surface area contributed by atoms with E-state index in [9.17, 15) is 4.21 Å². The number of nitrogens with two attached hydrogens (primary N) is 3. The van der Waals surface area contributed by atoms with Gasteiger partial charge in [0.25, 0.3) is 0 Å². The molecule has 0 saturated heterocycles. The first-order valence-electron chi connectivity index (χ1n) is 7.66. The van der Waals surface area contributed by atoms with Crippen LogP contribution in [-0.4, -0.2) is 14.6 Å². The number of phenolic OH excluding ortho intramolecular Hbond substituents is 1. The van der Waals surface area contributed by atoms with E-state index in [0.29, 0.717) is 11.4 Å². The number of aromatic hydroxyl groups is 1. The molecule has 1 atom stereocenters. The van der Waals surface area contributed by atoms with Gasteiger partial charge < -0.3 is 22.3 Å². The van der Waals surface area contributed by atoms with Crippen molar-refractivity contribution in [2.75, 3.05) is 17.2 Å². The Balaban J connectivity index is 0.000000254. The SMILES string of the molecule is Cc1cc(C)c(S(=O)C(C)C)cc1N.Cc1cc(N)c(N)cc1O. The van der Waals surface area contributed by atoms with Crippen molar-refractivity contribution in [3.8, 4) is 5.75 Å². The molecule has 6 heteroatoms. The van der Waals surface area contributed by atoms with Crippen LogP contribution in [0.1, 0.15) is 30.5 Å². The molecule has 0 bridgehead atoms. The highest BCUT2D eigenvalue weighted by atomic mass is 32.2. The van der Waals surface area contributed by atoms with E-state index >= 15 is 0 Å². The molecule has 0 aliphatic heterocycles. The third kappa shape index (κ3) is 4.89. The molecule has 0 aliphatic carbocycles. The zero-order chi connectivity index (χ0) is 18.6. The lowest BCUT2D eigenvalue weighted by atomic mass is 10.1. The van der Waals surface area contributed by atoms with Crippen LogP contribution >= 0.6 is 0 Å². The van der Waals surface area contributed by atoms with Gasteiger partial charge in [-0.1, -0.05) is 19.9 Å². The van der Waals surface area contributed by atoms with E-state index in [1.807, 2.05) is 39.8 Å². The Morgan fingerprint density at radius 2 is 1.38 bits per heavy atom. The van der Waals surface area contributed by atoms with Crippen LogP contribution in [0.25, 0.3) is 0 Å². The quantitative estimate of drug-likeness (QED) is 0.490. The first-order chi connectivity index (χ1) is 11.0. The zero-order valence-electron chi connectivity index (χ0n) is 14.9. The lowest BCUT2D eigenvalue weighted by Gasteiger charge is -2.11. The minimum absolute atomic E-state index is 0.135. The van der Waals surface area contributed by atoms with Gasteiger partial charge in [-0.2, -0.15) is 0 Å². The molecule has 0 spiro atoms. The molecule has 0 amide bonds. The monoisotopic (exact) mass is 349 g/mol. The number of hydrogen-bond acceptors (Lipinski definition) is 5. The molecule has 24 heavy (non-hydrogen) atoms. The average molecular weight is 350 g/mol. The molecule has 1 unspecified atom stereocenters. The second kappa shape index (κ2) is 8.06. The molecule has 0 aromatic heterocycles. The van der Waals surface area contributed by atoms with Crippen molar-refractivity contribution in [1.29, 1.82) is 0 Å². The predicted octanol–water partition coefficient (Wildman–Crippen LogP) is 3.27. The summed E-state index contributed by atoms with van der Waals surface area (Å²) in [6.45, 7) is 9.61. The van der Waals surface area contributed by atoms with Crippen molar-refractivity contribution < 1.29 is 9.32 Å². The summed E-state index contributed by atoms with van der Waals surface area (Å²) >= 11 is 0. The molecule has 5 nitrogen and oxygen atoms in total. The van der Waals surface area contributed by atoms with Gasteiger partial charge in [0, 0.05) is 21.9 Å². The minimum Gasteiger partial charge on any atom is -0.508 e. The third-order valence-corrected chi connectivity index (χ3v) is 5.34.